The Labute approximate surface area is 257 Å². The van der Waals surface area contributed by atoms with Crippen LogP contribution in [0.4, 0.5) is 4.39 Å². The van der Waals surface area contributed by atoms with E-state index in [1.165, 1.54) is 35.9 Å². The number of rotatable bonds is 10. The monoisotopic (exact) mass is 628 g/mol. The summed E-state index contributed by atoms with van der Waals surface area (Å²) in [6, 6.07) is 12.6. The van der Waals surface area contributed by atoms with Crippen LogP contribution in [0.3, 0.4) is 0 Å². The Morgan fingerprint density at radius 1 is 1.02 bits per heavy atom. The minimum absolute atomic E-state index is 0.0315. The molecule has 1 amide bonds. The summed E-state index contributed by atoms with van der Waals surface area (Å²) in [7, 11) is 3.22. The number of nitrogens with zero attached hydrogens (tertiary/aromatic N) is 2. The highest BCUT2D eigenvalue weighted by atomic mass is 35.5. The van der Waals surface area contributed by atoms with E-state index in [2.05, 4.69) is 10.6 Å². The van der Waals surface area contributed by atoms with Crippen molar-refractivity contribution in [3.8, 4) is 5.69 Å². The van der Waals surface area contributed by atoms with Crippen molar-refractivity contribution in [2.24, 2.45) is 7.05 Å². The van der Waals surface area contributed by atoms with Crippen molar-refractivity contribution in [1.82, 2.24) is 19.8 Å². The van der Waals surface area contributed by atoms with E-state index in [9.17, 15) is 23.6 Å². The van der Waals surface area contributed by atoms with Crippen molar-refractivity contribution < 1.29 is 18.7 Å². The normalized spacial score (nSPS) is 12.0. The number of benzene rings is 3. The van der Waals surface area contributed by atoms with Gasteiger partial charge < -0.3 is 15.4 Å². The zero-order valence-electron chi connectivity index (χ0n) is 24.0. The highest BCUT2D eigenvalue weighted by Gasteiger charge is 2.26. The number of carbonyl (C=O) groups excluding carboxylic acids is 2. The molecule has 3 aromatic carbocycles. The average molecular weight is 630 g/mol. The molecule has 0 aliphatic carbocycles. The number of nitrogens with one attached hydrogen (secondary N) is 2. The molecule has 1 aromatic heterocycles. The van der Waals surface area contributed by atoms with Crippen LogP contribution in [0.1, 0.15) is 35.3 Å². The molecule has 0 radical (unpaired) electrons. The minimum Gasteiger partial charge on any atom is -0.461 e. The Morgan fingerprint density at radius 3 is 2.28 bits per heavy atom. The molecule has 0 saturated carbocycles. The van der Waals surface area contributed by atoms with Crippen molar-refractivity contribution in [3.05, 3.63) is 108 Å². The Kier molecular flexibility index (Phi) is 10.1. The number of halogens is 3. The lowest BCUT2D eigenvalue weighted by atomic mass is 10.0. The predicted octanol–water partition coefficient (Wildman–Crippen LogP) is 4.19. The SMILES string of the molecule is CNCCc1cc2c(=O)n(-c3ccc(C[C@H](NC(=O)c4c(Cl)cccc4Cl)C(=O)OC(C)C)cc3)c(=O)n(C)c2cc1F. The molecular formula is C31H31Cl2FN4O5. The molecule has 4 aromatic rings. The van der Waals surface area contributed by atoms with Crippen LogP contribution >= 0.6 is 23.2 Å². The lowest BCUT2D eigenvalue weighted by Crippen LogP contribution is -2.44. The van der Waals surface area contributed by atoms with Crippen molar-refractivity contribution >= 4 is 46.0 Å². The molecule has 12 heteroatoms. The van der Waals surface area contributed by atoms with Crippen LogP contribution < -0.4 is 21.9 Å². The van der Waals surface area contributed by atoms with Gasteiger partial charge in [0.2, 0.25) is 0 Å². The van der Waals surface area contributed by atoms with E-state index in [0.717, 1.165) is 4.57 Å². The number of aryl methyl sites for hydroxylation is 1. The molecule has 0 aliphatic rings. The molecule has 0 aliphatic heterocycles. The minimum atomic E-state index is -1.09. The lowest BCUT2D eigenvalue weighted by molar-refractivity contribution is -0.149. The summed E-state index contributed by atoms with van der Waals surface area (Å²) in [6.45, 7) is 3.90. The van der Waals surface area contributed by atoms with Gasteiger partial charge in [-0.2, -0.15) is 0 Å². The fourth-order valence-electron chi connectivity index (χ4n) is 4.67. The molecule has 2 N–H and O–H groups in total. The molecule has 226 valence electrons. The van der Waals surface area contributed by atoms with Crippen LogP contribution in [0, 0.1) is 5.82 Å². The predicted molar refractivity (Wildman–Crippen MR) is 165 cm³/mol. The van der Waals surface area contributed by atoms with Gasteiger partial charge in [0.1, 0.15) is 11.9 Å². The third-order valence-corrected chi connectivity index (χ3v) is 7.48. The summed E-state index contributed by atoms with van der Waals surface area (Å²) in [5.74, 6) is -1.79. The second-order valence-electron chi connectivity index (χ2n) is 10.3. The number of esters is 1. The van der Waals surface area contributed by atoms with Gasteiger partial charge in [-0.05, 0) is 81.4 Å². The fourth-order valence-corrected chi connectivity index (χ4v) is 5.23. The van der Waals surface area contributed by atoms with Crippen LogP contribution in [0.25, 0.3) is 16.6 Å². The van der Waals surface area contributed by atoms with Gasteiger partial charge >= 0.3 is 11.7 Å². The average Bonchev–Trinajstić information content (AvgIpc) is 2.95. The molecule has 0 fully saturated rings. The molecule has 0 spiro atoms. The first-order valence-electron chi connectivity index (χ1n) is 13.6. The number of ether oxygens (including phenoxy) is 1. The van der Waals surface area contributed by atoms with E-state index < -0.39 is 41.1 Å². The van der Waals surface area contributed by atoms with Crippen molar-refractivity contribution in [1.29, 1.82) is 0 Å². The lowest BCUT2D eigenvalue weighted by Gasteiger charge is -2.20. The highest BCUT2D eigenvalue weighted by Crippen LogP contribution is 2.24. The number of hydrogen-bond acceptors (Lipinski definition) is 6. The molecule has 0 bridgehead atoms. The summed E-state index contributed by atoms with van der Waals surface area (Å²) in [4.78, 5) is 52.7. The van der Waals surface area contributed by atoms with Gasteiger partial charge in [0, 0.05) is 13.5 Å². The number of carbonyl (C=O) groups is 2. The van der Waals surface area contributed by atoms with Gasteiger partial charge in [-0.15, -0.1) is 0 Å². The smallest absolute Gasteiger partial charge is 0.335 e. The van der Waals surface area contributed by atoms with E-state index in [1.54, 1.807) is 51.2 Å². The van der Waals surface area contributed by atoms with E-state index in [4.69, 9.17) is 27.9 Å². The van der Waals surface area contributed by atoms with E-state index in [1.807, 2.05) is 0 Å². The maximum absolute atomic E-state index is 14.7. The maximum Gasteiger partial charge on any atom is 0.335 e. The van der Waals surface area contributed by atoms with Crippen LogP contribution in [-0.4, -0.2) is 46.7 Å². The summed E-state index contributed by atoms with van der Waals surface area (Å²) < 4.78 is 22.3. The standard InChI is InChI=1S/C31H31Cl2FN4O5/c1-17(2)43-30(41)25(36-28(39)27-22(32)6-5-7-23(27)33)14-18-8-10-20(11-9-18)38-29(40)21-15-19(12-13-35-3)24(34)16-26(21)37(4)31(38)42/h5-11,15-17,25,35H,12-14H2,1-4H3,(H,36,39)/t25-/m0/s1. The quantitative estimate of drug-likeness (QED) is 0.255. The Balaban J connectivity index is 1.67. The summed E-state index contributed by atoms with van der Waals surface area (Å²) in [5, 5.41) is 6.08. The van der Waals surface area contributed by atoms with E-state index >= 15 is 0 Å². The molecule has 43 heavy (non-hydrogen) atoms. The third kappa shape index (κ3) is 6.98. The Hall–Kier alpha value is -3.99. The Morgan fingerprint density at radius 2 is 1.67 bits per heavy atom. The number of aromatic nitrogens is 2. The number of amides is 1. The van der Waals surface area contributed by atoms with Gasteiger partial charge in [-0.1, -0.05) is 41.4 Å². The second-order valence-corrected chi connectivity index (χ2v) is 11.1. The number of likely N-dealkylation sites (N-methyl/N-ethyl adjacent to an activating group) is 1. The van der Waals surface area contributed by atoms with E-state index in [0.29, 0.717) is 24.1 Å². The van der Waals surface area contributed by atoms with Gasteiger partial charge in [-0.25, -0.2) is 18.5 Å². The van der Waals surface area contributed by atoms with Crippen LogP contribution in [0.15, 0.2) is 64.2 Å². The van der Waals surface area contributed by atoms with Crippen molar-refractivity contribution in [2.75, 3.05) is 13.6 Å². The zero-order chi connectivity index (χ0) is 31.4. The van der Waals surface area contributed by atoms with Gasteiger partial charge in [0.15, 0.2) is 0 Å². The summed E-state index contributed by atoms with van der Waals surface area (Å²) in [5.41, 5.74) is 0.249. The van der Waals surface area contributed by atoms with Crippen LogP contribution in [0.2, 0.25) is 10.0 Å². The third-order valence-electron chi connectivity index (χ3n) is 6.85. The van der Waals surface area contributed by atoms with Gasteiger partial charge in [-0.3, -0.25) is 14.2 Å². The summed E-state index contributed by atoms with van der Waals surface area (Å²) >= 11 is 12.4. The second kappa shape index (κ2) is 13.5. The van der Waals surface area contributed by atoms with Crippen LogP contribution in [0.5, 0.6) is 0 Å². The van der Waals surface area contributed by atoms with Crippen LogP contribution in [-0.2, 0) is 29.4 Å². The fraction of sp³-hybridized carbons (Fsp3) is 0.290. The topological polar surface area (TPSA) is 111 Å². The molecule has 0 unspecified atom stereocenters. The van der Waals surface area contributed by atoms with E-state index in [-0.39, 0.29) is 38.6 Å². The highest BCUT2D eigenvalue weighted by molar-refractivity contribution is 6.39. The molecular weight excluding hydrogens is 598 g/mol. The Bertz CT molecular complexity index is 1780. The van der Waals surface area contributed by atoms with Crippen molar-refractivity contribution in [2.45, 2.75) is 38.8 Å². The first-order chi connectivity index (χ1) is 20.4. The maximum atomic E-state index is 14.7. The largest absolute Gasteiger partial charge is 0.461 e. The molecule has 9 nitrogen and oxygen atoms in total. The molecule has 1 heterocycles. The molecule has 0 saturated heterocycles. The van der Waals surface area contributed by atoms with Crippen molar-refractivity contribution in [3.63, 3.8) is 0 Å². The number of fused-ring (bicyclic) bond motifs is 1. The summed E-state index contributed by atoms with van der Waals surface area (Å²) in [6.07, 6.45) is -0.0193. The van der Waals surface area contributed by atoms with Gasteiger partial charge in [0.25, 0.3) is 11.5 Å². The first kappa shape index (κ1) is 31.9. The first-order valence-corrected chi connectivity index (χ1v) is 14.3. The van der Waals surface area contributed by atoms with Gasteiger partial charge in [0.05, 0.1) is 38.3 Å². The molecule has 1 atom stereocenters. The molecule has 4 rings (SSSR count). The zero-order valence-corrected chi connectivity index (χ0v) is 25.6. The number of hydrogen-bond donors (Lipinski definition) is 2.